The van der Waals surface area contributed by atoms with Crippen molar-refractivity contribution in [2.75, 3.05) is 0 Å². The molecule has 0 saturated carbocycles. The summed E-state index contributed by atoms with van der Waals surface area (Å²) in [4.78, 5) is 25.8. The number of aryl methyl sites for hydroxylation is 2. The summed E-state index contributed by atoms with van der Waals surface area (Å²) >= 11 is 3.51. The molecule has 1 N–H and O–H groups in total. The number of carbonyl (C=O) groups is 2. The van der Waals surface area contributed by atoms with E-state index in [1.54, 1.807) is 16.5 Å². The molecule has 1 fully saturated rings. The summed E-state index contributed by atoms with van der Waals surface area (Å²) in [6.07, 6.45) is 0.324. The lowest BCUT2D eigenvalue weighted by Crippen LogP contribution is -2.44. The molecule has 20 heavy (non-hydrogen) atoms. The molecule has 7 heteroatoms. The predicted octanol–water partition coefficient (Wildman–Crippen LogP) is 1.12. The normalized spacial score (nSPS) is 23.8. The number of hydrogen-bond donors (Lipinski definition) is 1. The van der Waals surface area contributed by atoms with Gasteiger partial charge >= 0.3 is 0 Å². The number of halogens is 1. The molecule has 0 aromatic carbocycles. The Morgan fingerprint density at radius 1 is 1.40 bits per heavy atom. The van der Waals surface area contributed by atoms with Gasteiger partial charge in [-0.2, -0.15) is 5.10 Å². The molecule has 1 aromatic heterocycles. The zero-order valence-corrected chi connectivity index (χ0v) is 13.7. The van der Waals surface area contributed by atoms with Crippen LogP contribution in [0.2, 0.25) is 0 Å². The van der Waals surface area contributed by atoms with Crippen molar-refractivity contribution in [3.05, 3.63) is 15.9 Å². The Morgan fingerprint density at radius 3 is 2.60 bits per heavy atom. The Morgan fingerprint density at radius 2 is 2.05 bits per heavy atom. The van der Waals surface area contributed by atoms with Crippen LogP contribution < -0.4 is 5.32 Å². The first-order valence-electron chi connectivity index (χ1n) is 6.59. The third-order valence-corrected chi connectivity index (χ3v) is 4.66. The van der Waals surface area contributed by atoms with Gasteiger partial charge in [0.1, 0.15) is 6.04 Å². The summed E-state index contributed by atoms with van der Waals surface area (Å²) in [5, 5.41) is 7.04. The summed E-state index contributed by atoms with van der Waals surface area (Å²) in [5.41, 5.74) is 1.82. The summed E-state index contributed by atoms with van der Waals surface area (Å²) < 4.78 is 2.68. The molecular formula is C13H19BrN4O2. The molecule has 2 unspecified atom stereocenters. The molecule has 2 rings (SSSR count). The fourth-order valence-corrected chi connectivity index (χ4v) is 2.91. The minimum Gasteiger partial charge on any atom is -0.345 e. The van der Waals surface area contributed by atoms with E-state index in [-0.39, 0.29) is 17.9 Å². The van der Waals surface area contributed by atoms with Crippen LogP contribution in [0.1, 0.15) is 31.7 Å². The number of nitrogens with zero attached hydrogens (tertiary/aromatic N) is 3. The molecule has 1 aliphatic rings. The van der Waals surface area contributed by atoms with Gasteiger partial charge in [0.2, 0.25) is 11.8 Å². The zero-order chi connectivity index (χ0) is 15.0. The van der Waals surface area contributed by atoms with Gasteiger partial charge in [-0.15, -0.1) is 0 Å². The monoisotopic (exact) mass is 342 g/mol. The zero-order valence-electron chi connectivity index (χ0n) is 12.1. The fraction of sp³-hybridized carbons (Fsp3) is 0.615. The molecule has 1 aromatic rings. The molecule has 1 aliphatic heterocycles. The first kappa shape index (κ1) is 15.0. The second-order valence-corrected chi connectivity index (χ2v) is 6.07. The van der Waals surface area contributed by atoms with Crippen LogP contribution in [0, 0.1) is 6.92 Å². The lowest BCUT2D eigenvalue weighted by Gasteiger charge is -2.28. The quantitative estimate of drug-likeness (QED) is 0.875. The second kappa shape index (κ2) is 5.55. The van der Waals surface area contributed by atoms with Crippen molar-refractivity contribution in [1.82, 2.24) is 20.0 Å². The molecule has 2 atom stereocenters. The van der Waals surface area contributed by atoms with Crippen LogP contribution >= 0.6 is 15.9 Å². The van der Waals surface area contributed by atoms with Crippen LogP contribution in [-0.2, 0) is 23.2 Å². The third-order valence-electron chi connectivity index (χ3n) is 3.63. The third kappa shape index (κ3) is 2.72. The van der Waals surface area contributed by atoms with E-state index in [1.807, 2.05) is 20.9 Å². The summed E-state index contributed by atoms with van der Waals surface area (Å²) in [7, 11) is 1.85. The molecule has 6 nitrogen and oxygen atoms in total. The van der Waals surface area contributed by atoms with Crippen molar-refractivity contribution in [2.24, 2.45) is 7.05 Å². The number of hydrogen-bond acceptors (Lipinski definition) is 3. The predicted molar refractivity (Wildman–Crippen MR) is 77.9 cm³/mol. The van der Waals surface area contributed by atoms with E-state index in [0.717, 1.165) is 15.9 Å². The van der Waals surface area contributed by atoms with Crippen molar-refractivity contribution in [3.8, 4) is 0 Å². The Hall–Kier alpha value is -1.37. The number of carbonyl (C=O) groups excluding carboxylic acids is 2. The number of rotatable bonds is 2. The average molecular weight is 343 g/mol. The van der Waals surface area contributed by atoms with E-state index < -0.39 is 6.04 Å². The van der Waals surface area contributed by atoms with Crippen LogP contribution in [0.25, 0.3) is 0 Å². The van der Waals surface area contributed by atoms with Crippen molar-refractivity contribution in [1.29, 1.82) is 0 Å². The van der Waals surface area contributed by atoms with Crippen molar-refractivity contribution in [3.63, 3.8) is 0 Å². The highest BCUT2D eigenvalue weighted by Gasteiger charge is 2.32. The Bertz CT molecular complexity index is 555. The summed E-state index contributed by atoms with van der Waals surface area (Å²) in [6, 6.07) is -0.616. The molecule has 0 bridgehead atoms. The maximum atomic E-state index is 12.4. The van der Waals surface area contributed by atoms with Crippen LogP contribution in [-0.4, -0.2) is 38.6 Å². The van der Waals surface area contributed by atoms with Gasteiger partial charge < -0.3 is 10.2 Å². The van der Waals surface area contributed by atoms with Gasteiger partial charge in [0.25, 0.3) is 0 Å². The minimum absolute atomic E-state index is 0.0610. The van der Waals surface area contributed by atoms with Gasteiger partial charge in [0.15, 0.2) is 0 Å². The van der Waals surface area contributed by atoms with Gasteiger partial charge in [-0.25, -0.2) is 0 Å². The van der Waals surface area contributed by atoms with Crippen LogP contribution in [0.15, 0.2) is 4.47 Å². The van der Waals surface area contributed by atoms with E-state index in [0.29, 0.717) is 13.0 Å². The van der Waals surface area contributed by atoms with Crippen LogP contribution in [0.4, 0.5) is 0 Å². The van der Waals surface area contributed by atoms with Crippen molar-refractivity contribution in [2.45, 2.75) is 45.8 Å². The van der Waals surface area contributed by atoms with Gasteiger partial charge in [0, 0.05) is 19.5 Å². The highest BCUT2D eigenvalue weighted by molar-refractivity contribution is 9.10. The highest BCUT2D eigenvalue weighted by atomic mass is 79.9. The van der Waals surface area contributed by atoms with Gasteiger partial charge in [-0.05, 0) is 36.7 Å². The maximum absolute atomic E-state index is 12.4. The molecular weight excluding hydrogens is 324 g/mol. The van der Waals surface area contributed by atoms with Gasteiger partial charge in [-0.1, -0.05) is 0 Å². The van der Waals surface area contributed by atoms with E-state index in [9.17, 15) is 9.59 Å². The van der Waals surface area contributed by atoms with Crippen molar-refractivity contribution < 1.29 is 9.59 Å². The second-order valence-electron chi connectivity index (χ2n) is 5.28. The fourth-order valence-electron chi connectivity index (χ4n) is 2.45. The smallest absolute Gasteiger partial charge is 0.245 e. The molecule has 1 saturated heterocycles. The first-order valence-corrected chi connectivity index (χ1v) is 7.38. The van der Waals surface area contributed by atoms with E-state index in [4.69, 9.17) is 0 Å². The minimum atomic E-state index is -0.486. The van der Waals surface area contributed by atoms with E-state index in [2.05, 4.69) is 26.3 Å². The molecule has 0 aliphatic carbocycles. The first-order chi connectivity index (χ1) is 9.31. The Balaban J connectivity index is 2.30. The van der Waals surface area contributed by atoms with Crippen LogP contribution in [0.3, 0.4) is 0 Å². The largest absolute Gasteiger partial charge is 0.345 e. The van der Waals surface area contributed by atoms with Gasteiger partial charge in [0.05, 0.1) is 22.4 Å². The van der Waals surface area contributed by atoms with Crippen molar-refractivity contribution >= 4 is 27.7 Å². The Kier molecular flexibility index (Phi) is 4.17. The SMILES string of the molecule is Cc1nn(C)c(CN2C(=O)C(C)NC(=O)CC2C)c1Br. The molecule has 2 heterocycles. The highest BCUT2D eigenvalue weighted by Crippen LogP contribution is 2.24. The Labute approximate surface area is 126 Å². The van der Waals surface area contributed by atoms with E-state index >= 15 is 0 Å². The molecule has 110 valence electrons. The standard InChI is InChI=1S/C13H19BrN4O2/c1-7-5-11(19)15-9(3)13(20)18(7)6-10-12(14)8(2)16-17(10)4/h7,9H,5-6H2,1-4H3,(H,15,19). The van der Waals surface area contributed by atoms with E-state index in [1.165, 1.54) is 0 Å². The lowest BCUT2D eigenvalue weighted by molar-refractivity contribution is -0.135. The lowest BCUT2D eigenvalue weighted by atomic mass is 10.2. The molecule has 2 amide bonds. The molecule has 0 spiro atoms. The average Bonchev–Trinajstić information content (AvgIpc) is 2.54. The maximum Gasteiger partial charge on any atom is 0.245 e. The topological polar surface area (TPSA) is 67.2 Å². The van der Waals surface area contributed by atoms with Crippen LogP contribution in [0.5, 0.6) is 0 Å². The number of aromatic nitrogens is 2. The number of nitrogens with one attached hydrogen (secondary N) is 1. The number of amides is 2. The van der Waals surface area contributed by atoms with Gasteiger partial charge in [-0.3, -0.25) is 14.3 Å². The summed E-state index contributed by atoms with van der Waals surface area (Å²) in [5.74, 6) is -0.143. The molecule has 0 radical (unpaired) electrons. The summed E-state index contributed by atoms with van der Waals surface area (Å²) in [6.45, 7) is 5.97.